The molecule has 1 aromatic carbocycles. The van der Waals surface area contributed by atoms with Crippen molar-refractivity contribution in [2.45, 2.75) is 33.6 Å². The summed E-state index contributed by atoms with van der Waals surface area (Å²) in [5.41, 5.74) is 3.47. The zero-order chi connectivity index (χ0) is 13.5. The second-order valence-corrected chi connectivity index (χ2v) is 5.03. The molecule has 2 rings (SSSR count). The molecule has 0 spiro atoms. The zero-order valence-electron chi connectivity index (χ0n) is 11.5. The predicted octanol–water partition coefficient (Wildman–Crippen LogP) is 4.47. The van der Waals surface area contributed by atoms with Crippen LogP contribution >= 0.6 is 15.9 Å². The van der Waals surface area contributed by atoms with Crippen molar-refractivity contribution in [1.29, 1.82) is 0 Å². The Bertz CT molecular complexity index is 463. The van der Waals surface area contributed by atoms with E-state index in [1.54, 1.807) is 6.92 Å². The molecular weight excluding hydrogens is 344 g/mol. The molecule has 0 bridgehead atoms. The molecule has 0 aromatic heterocycles. The van der Waals surface area contributed by atoms with Gasteiger partial charge in [-0.2, -0.15) is 18.2 Å². The fourth-order valence-electron chi connectivity index (χ4n) is 1.99. The maximum Gasteiger partial charge on any atom is 2.00 e. The fourth-order valence-corrected chi connectivity index (χ4v) is 2.29. The van der Waals surface area contributed by atoms with Gasteiger partial charge in [-0.3, -0.25) is 0 Å². The van der Waals surface area contributed by atoms with Crippen LogP contribution in [0.3, 0.4) is 0 Å². The normalized spacial score (nSPS) is 15.8. The van der Waals surface area contributed by atoms with Crippen molar-refractivity contribution in [3.8, 4) is 0 Å². The first-order valence-electron chi connectivity index (χ1n) is 6.25. The van der Waals surface area contributed by atoms with E-state index in [0.29, 0.717) is 0 Å². The summed E-state index contributed by atoms with van der Waals surface area (Å²) in [6, 6.07) is 7.98. The Labute approximate surface area is 135 Å². The molecular formula is C16H19BrFeO. The van der Waals surface area contributed by atoms with Crippen molar-refractivity contribution in [3.05, 3.63) is 63.4 Å². The van der Waals surface area contributed by atoms with Gasteiger partial charge in [-0.05, 0) is 29.6 Å². The molecule has 1 aliphatic carbocycles. The van der Waals surface area contributed by atoms with Crippen molar-refractivity contribution in [2.24, 2.45) is 0 Å². The summed E-state index contributed by atoms with van der Waals surface area (Å²) < 4.78 is 1.16. The van der Waals surface area contributed by atoms with Crippen LogP contribution in [-0.4, -0.2) is 0 Å². The molecule has 1 nitrogen and oxygen atoms in total. The van der Waals surface area contributed by atoms with Gasteiger partial charge in [0.1, 0.15) is 0 Å². The van der Waals surface area contributed by atoms with Gasteiger partial charge < -0.3 is 5.11 Å². The van der Waals surface area contributed by atoms with Crippen molar-refractivity contribution >= 4 is 15.9 Å². The Kier molecular flexibility index (Phi) is 8.99. The maximum absolute atomic E-state index is 11.2. The first-order chi connectivity index (χ1) is 8.60. The first kappa shape index (κ1) is 18.4. The molecule has 0 saturated carbocycles. The number of halogens is 1. The summed E-state index contributed by atoms with van der Waals surface area (Å²) in [7, 11) is 0. The molecule has 1 aliphatic rings. The van der Waals surface area contributed by atoms with Gasteiger partial charge in [-0.15, -0.1) is 10.2 Å². The van der Waals surface area contributed by atoms with E-state index in [1.807, 2.05) is 30.3 Å². The molecule has 0 N–H and O–H groups in total. The number of hydrogen-bond acceptors (Lipinski definition) is 1. The van der Waals surface area contributed by atoms with Crippen LogP contribution in [0.15, 0.2) is 63.4 Å². The summed E-state index contributed by atoms with van der Waals surface area (Å²) >= 11 is 3.28. The van der Waals surface area contributed by atoms with Gasteiger partial charge in [0.25, 0.3) is 0 Å². The van der Waals surface area contributed by atoms with E-state index in [2.05, 4.69) is 35.9 Å². The van der Waals surface area contributed by atoms with Crippen molar-refractivity contribution in [1.82, 2.24) is 0 Å². The SMILES string of the molecule is Brc1ccc[cH-]1.CCC1=C(CC)C(=C(C)[O-])C=C1.[Fe+2]. The van der Waals surface area contributed by atoms with E-state index in [0.717, 1.165) is 22.9 Å². The molecule has 0 fully saturated rings. The molecule has 19 heavy (non-hydrogen) atoms. The van der Waals surface area contributed by atoms with E-state index in [9.17, 15) is 5.11 Å². The minimum Gasteiger partial charge on any atom is -0.875 e. The Morgan fingerprint density at radius 1 is 1.26 bits per heavy atom. The standard InChI is InChI=1S/C11H16O.C5H4Br.Fe/c1-4-9-6-7-11(8(3)12)10(9)5-2;6-5-3-1-2-4-5;/h6-7,12H,4-5H2,1-3H3;1-4H;/q;-1;+2/p-1. The van der Waals surface area contributed by atoms with Gasteiger partial charge in [0.15, 0.2) is 0 Å². The smallest absolute Gasteiger partial charge is 0.875 e. The molecule has 0 aliphatic heterocycles. The van der Waals surface area contributed by atoms with Gasteiger partial charge >= 0.3 is 17.1 Å². The molecule has 0 unspecified atom stereocenters. The van der Waals surface area contributed by atoms with Crippen molar-refractivity contribution in [3.63, 3.8) is 0 Å². The van der Waals surface area contributed by atoms with E-state index < -0.39 is 0 Å². The largest absolute Gasteiger partial charge is 2.00 e. The average Bonchev–Trinajstić information content (AvgIpc) is 2.97. The van der Waals surface area contributed by atoms with Gasteiger partial charge in [0.2, 0.25) is 0 Å². The minimum atomic E-state index is 0. The summed E-state index contributed by atoms with van der Waals surface area (Å²) in [6.45, 7) is 5.85. The van der Waals surface area contributed by atoms with E-state index in [-0.39, 0.29) is 22.8 Å². The van der Waals surface area contributed by atoms with Crippen LogP contribution in [0, 0.1) is 0 Å². The van der Waals surface area contributed by atoms with E-state index in [1.165, 1.54) is 11.1 Å². The van der Waals surface area contributed by atoms with Gasteiger partial charge in [-0.1, -0.05) is 48.9 Å². The molecule has 0 radical (unpaired) electrons. The van der Waals surface area contributed by atoms with Crippen LogP contribution in [0.4, 0.5) is 0 Å². The van der Waals surface area contributed by atoms with Crippen LogP contribution < -0.4 is 5.11 Å². The van der Waals surface area contributed by atoms with Crippen LogP contribution in [0.25, 0.3) is 0 Å². The Balaban J connectivity index is 0.000000392. The summed E-state index contributed by atoms with van der Waals surface area (Å²) in [5, 5.41) is 11.2. The van der Waals surface area contributed by atoms with E-state index >= 15 is 0 Å². The summed E-state index contributed by atoms with van der Waals surface area (Å²) in [5.74, 6) is 0.187. The monoisotopic (exact) mass is 362 g/mol. The second kappa shape index (κ2) is 9.30. The second-order valence-electron chi connectivity index (χ2n) is 4.12. The number of rotatable bonds is 2. The maximum atomic E-state index is 11.2. The molecule has 1 aromatic rings. The summed E-state index contributed by atoms with van der Waals surface area (Å²) in [4.78, 5) is 0. The van der Waals surface area contributed by atoms with Gasteiger partial charge in [0.05, 0.1) is 0 Å². The Morgan fingerprint density at radius 3 is 2.26 bits per heavy atom. The molecule has 0 amide bonds. The Morgan fingerprint density at radius 2 is 1.95 bits per heavy atom. The van der Waals surface area contributed by atoms with Crippen LogP contribution in [0.5, 0.6) is 0 Å². The van der Waals surface area contributed by atoms with Crippen LogP contribution in [-0.2, 0) is 17.1 Å². The molecule has 3 heteroatoms. The van der Waals surface area contributed by atoms with Crippen LogP contribution in [0.2, 0.25) is 0 Å². The molecule has 0 heterocycles. The minimum absolute atomic E-state index is 0. The fraction of sp³-hybridized carbons (Fsp3) is 0.312. The average molecular weight is 363 g/mol. The summed E-state index contributed by atoms with van der Waals surface area (Å²) in [6.07, 6.45) is 6.00. The predicted molar refractivity (Wildman–Crippen MR) is 79.2 cm³/mol. The molecule has 104 valence electrons. The third kappa shape index (κ3) is 5.48. The number of hydrogen-bond donors (Lipinski definition) is 0. The van der Waals surface area contributed by atoms with Crippen molar-refractivity contribution < 1.29 is 22.2 Å². The van der Waals surface area contributed by atoms with Gasteiger partial charge in [0, 0.05) is 0 Å². The van der Waals surface area contributed by atoms with E-state index in [4.69, 9.17) is 0 Å². The third-order valence-electron chi connectivity index (χ3n) is 2.90. The molecule has 0 saturated heterocycles. The third-order valence-corrected chi connectivity index (χ3v) is 3.43. The van der Waals surface area contributed by atoms with Crippen LogP contribution in [0.1, 0.15) is 33.6 Å². The first-order valence-corrected chi connectivity index (χ1v) is 7.05. The Hall–Kier alpha value is -0.631. The quantitative estimate of drug-likeness (QED) is 0.432. The topological polar surface area (TPSA) is 23.1 Å². The zero-order valence-corrected chi connectivity index (χ0v) is 14.2. The van der Waals surface area contributed by atoms with Gasteiger partial charge in [-0.25, -0.2) is 6.07 Å². The number of allylic oxidation sites excluding steroid dienone is 6. The molecule has 0 atom stereocenters. The van der Waals surface area contributed by atoms with Crippen molar-refractivity contribution in [2.75, 3.05) is 0 Å².